The SMILES string of the molecule is Cc1ccc([C@@H](O)Cn2ccn3nc(-c4ccc(C(C)C)cc4)cc3c2=O)cc1. The van der Waals surface area contributed by atoms with Crippen molar-refractivity contribution in [2.75, 3.05) is 0 Å². The van der Waals surface area contributed by atoms with Gasteiger partial charge in [0.05, 0.1) is 18.3 Å². The van der Waals surface area contributed by atoms with Crippen molar-refractivity contribution in [3.05, 3.63) is 94.0 Å². The van der Waals surface area contributed by atoms with Gasteiger partial charge in [-0.25, -0.2) is 4.52 Å². The molecule has 2 aromatic carbocycles. The lowest BCUT2D eigenvalue weighted by atomic mass is 10.0. The summed E-state index contributed by atoms with van der Waals surface area (Å²) in [6.07, 6.45) is 2.68. The molecule has 5 nitrogen and oxygen atoms in total. The lowest BCUT2D eigenvalue weighted by molar-refractivity contribution is 0.155. The van der Waals surface area contributed by atoms with Crippen LogP contribution in [0.2, 0.25) is 0 Å². The van der Waals surface area contributed by atoms with Crippen LogP contribution in [-0.4, -0.2) is 19.3 Å². The van der Waals surface area contributed by atoms with Gasteiger partial charge in [0.25, 0.3) is 5.56 Å². The van der Waals surface area contributed by atoms with Crippen LogP contribution < -0.4 is 5.56 Å². The first-order valence-corrected chi connectivity index (χ1v) is 9.86. The number of aryl methyl sites for hydroxylation is 1. The fourth-order valence-corrected chi connectivity index (χ4v) is 3.43. The predicted molar refractivity (Wildman–Crippen MR) is 115 cm³/mol. The number of aliphatic hydroxyl groups is 1. The lowest BCUT2D eigenvalue weighted by Crippen LogP contribution is -2.24. The molecule has 0 saturated heterocycles. The summed E-state index contributed by atoms with van der Waals surface area (Å²) < 4.78 is 3.13. The van der Waals surface area contributed by atoms with Crippen LogP contribution in [0.15, 0.2) is 71.8 Å². The number of aliphatic hydroxyl groups excluding tert-OH is 1. The first kappa shape index (κ1) is 19.2. The highest BCUT2D eigenvalue weighted by Crippen LogP contribution is 2.22. The Kier molecular flexibility index (Phi) is 5.07. The quantitative estimate of drug-likeness (QED) is 0.554. The zero-order chi connectivity index (χ0) is 20.5. The van der Waals surface area contributed by atoms with E-state index in [-0.39, 0.29) is 12.1 Å². The third-order valence-electron chi connectivity index (χ3n) is 5.31. The highest BCUT2D eigenvalue weighted by molar-refractivity contribution is 5.65. The minimum atomic E-state index is -0.748. The van der Waals surface area contributed by atoms with Crippen LogP contribution in [0.25, 0.3) is 16.8 Å². The lowest BCUT2D eigenvalue weighted by Gasteiger charge is -2.13. The van der Waals surface area contributed by atoms with Gasteiger partial charge in [0.15, 0.2) is 0 Å². The van der Waals surface area contributed by atoms with E-state index in [1.165, 1.54) is 10.1 Å². The van der Waals surface area contributed by atoms with E-state index in [4.69, 9.17) is 0 Å². The topological polar surface area (TPSA) is 59.5 Å². The molecule has 0 spiro atoms. The molecule has 4 aromatic rings. The van der Waals surface area contributed by atoms with Crippen LogP contribution in [0, 0.1) is 6.92 Å². The van der Waals surface area contributed by atoms with E-state index < -0.39 is 6.10 Å². The van der Waals surface area contributed by atoms with E-state index in [2.05, 4.69) is 31.1 Å². The van der Waals surface area contributed by atoms with Crippen LogP contribution in [0.1, 0.15) is 42.6 Å². The molecule has 1 N–H and O–H groups in total. The molecule has 4 rings (SSSR count). The number of hydrogen-bond acceptors (Lipinski definition) is 3. The third kappa shape index (κ3) is 3.87. The molecule has 0 aliphatic carbocycles. The van der Waals surface area contributed by atoms with E-state index >= 15 is 0 Å². The summed E-state index contributed by atoms with van der Waals surface area (Å²) in [7, 11) is 0. The standard InChI is InChI=1S/C24H25N3O2/c1-16(2)18-8-10-19(11-9-18)21-14-22-24(29)26(12-13-27(22)25-21)15-23(28)20-6-4-17(3)5-7-20/h4-14,16,23,28H,15H2,1-3H3/t23-/m0/s1. The molecule has 0 aliphatic heterocycles. The van der Waals surface area contributed by atoms with Gasteiger partial charge in [-0.2, -0.15) is 5.10 Å². The highest BCUT2D eigenvalue weighted by atomic mass is 16.3. The summed E-state index contributed by atoms with van der Waals surface area (Å²) in [5, 5.41) is 15.1. The van der Waals surface area contributed by atoms with E-state index in [9.17, 15) is 9.90 Å². The van der Waals surface area contributed by atoms with Crippen LogP contribution >= 0.6 is 0 Å². The molecule has 148 valence electrons. The molecule has 0 saturated carbocycles. The number of fused-ring (bicyclic) bond motifs is 1. The molecule has 0 bridgehead atoms. The molecule has 5 heteroatoms. The maximum Gasteiger partial charge on any atom is 0.276 e. The average molecular weight is 387 g/mol. The summed E-state index contributed by atoms with van der Waals surface area (Å²) in [6.45, 7) is 6.52. The zero-order valence-electron chi connectivity index (χ0n) is 16.9. The van der Waals surface area contributed by atoms with Gasteiger partial charge in [0, 0.05) is 18.0 Å². The van der Waals surface area contributed by atoms with E-state index in [1.54, 1.807) is 16.9 Å². The Morgan fingerprint density at radius 2 is 1.62 bits per heavy atom. The Morgan fingerprint density at radius 3 is 2.28 bits per heavy atom. The van der Waals surface area contributed by atoms with Gasteiger partial charge in [-0.1, -0.05) is 67.9 Å². The molecule has 0 aliphatic rings. The van der Waals surface area contributed by atoms with Gasteiger partial charge in [0.2, 0.25) is 0 Å². The fourth-order valence-electron chi connectivity index (χ4n) is 3.43. The second-order valence-electron chi connectivity index (χ2n) is 7.82. The zero-order valence-corrected chi connectivity index (χ0v) is 16.9. The van der Waals surface area contributed by atoms with E-state index in [0.717, 1.165) is 22.4 Å². The Bertz CT molecular complexity index is 1190. The van der Waals surface area contributed by atoms with Gasteiger partial charge in [-0.15, -0.1) is 0 Å². The molecular weight excluding hydrogens is 362 g/mol. The summed E-state index contributed by atoms with van der Waals surface area (Å²) in [6, 6.07) is 17.8. The smallest absolute Gasteiger partial charge is 0.276 e. The predicted octanol–water partition coefficient (Wildman–Crippen LogP) is 4.33. The van der Waals surface area contributed by atoms with Crippen LogP contribution in [0.3, 0.4) is 0 Å². The molecule has 2 aromatic heterocycles. The number of benzene rings is 2. The maximum atomic E-state index is 12.9. The van der Waals surface area contributed by atoms with Crippen molar-refractivity contribution in [3.8, 4) is 11.3 Å². The van der Waals surface area contributed by atoms with Crippen molar-refractivity contribution in [2.45, 2.75) is 39.3 Å². The maximum absolute atomic E-state index is 12.9. The first-order chi connectivity index (χ1) is 13.9. The van der Waals surface area contributed by atoms with Crippen molar-refractivity contribution in [1.29, 1.82) is 0 Å². The van der Waals surface area contributed by atoms with E-state index in [0.29, 0.717) is 11.4 Å². The van der Waals surface area contributed by atoms with Gasteiger partial charge >= 0.3 is 0 Å². The average Bonchev–Trinajstić information content (AvgIpc) is 3.16. The summed E-state index contributed by atoms with van der Waals surface area (Å²) in [5.41, 5.74) is 5.25. The third-order valence-corrected chi connectivity index (χ3v) is 5.31. The Labute approximate surface area is 169 Å². The van der Waals surface area contributed by atoms with Crippen LogP contribution in [0.4, 0.5) is 0 Å². The summed E-state index contributed by atoms with van der Waals surface area (Å²) >= 11 is 0. The van der Waals surface area contributed by atoms with Crippen LogP contribution in [0.5, 0.6) is 0 Å². The Balaban J connectivity index is 1.63. The van der Waals surface area contributed by atoms with Crippen molar-refractivity contribution in [1.82, 2.24) is 14.2 Å². The summed E-state index contributed by atoms with van der Waals surface area (Å²) in [5.74, 6) is 0.470. The molecule has 1 atom stereocenters. The van der Waals surface area contributed by atoms with Crippen molar-refractivity contribution < 1.29 is 5.11 Å². The first-order valence-electron chi connectivity index (χ1n) is 9.86. The van der Waals surface area contributed by atoms with Gasteiger partial charge < -0.3 is 9.67 Å². The summed E-state index contributed by atoms with van der Waals surface area (Å²) in [4.78, 5) is 12.9. The monoisotopic (exact) mass is 387 g/mol. The second-order valence-corrected chi connectivity index (χ2v) is 7.82. The van der Waals surface area contributed by atoms with Gasteiger partial charge in [-0.3, -0.25) is 4.79 Å². The minimum Gasteiger partial charge on any atom is -0.387 e. The molecule has 0 amide bonds. The van der Waals surface area contributed by atoms with Crippen molar-refractivity contribution in [3.63, 3.8) is 0 Å². The molecular formula is C24H25N3O2. The van der Waals surface area contributed by atoms with Crippen molar-refractivity contribution >= 4 is 5.52 Å². The number of hydrogen-bond donors (Lipinski definition) is 1. The number of nitrogens with zero attached hydrogens (tertiary/aromatic N) is 3. The largest absolute Gasteiger partial charge is 0.387 e. The number of aromatic nitrogens is 3. The molecule has 2 heterocycles. The minimum absolute atomic E-state index is 0.170. The fraction of sp³-hybridized carbons (Fsp3) is 0.250. The van der Waals surface area contributed by atoms with E-state index in [1.807, 2.05) is 49.4 Å². The molecule has 0 unspecified atom stereocenters. The highest BCUT2D eigenvalue weighted by Gasteiger charge is 2.13. The van der Waals surface area contributed by atoms with Crippen LogP contribution in [-0.2, 0) is 6.54 Å². The second kappa shape index (κ2) is 7.68. The molecule has 29 heavy (non-hydrogen) atoms. The normalized spacial score (nSPS) is 12.6. The van der Waals surface area contributed by atoms with Gasteiger partial charge in [-0.05, 0) is 30.0 Å². The number of rotatable bonds is 5. The van der Waals surface area contributed by atoms with Crippen molar-refractivity contribution in [2.24, 2.45) is 0 Å². The van der Waals surface area contributed by atoms with Gasteiger partial charge in [0.1, 0.15) is 5.52 Å². The Hall–Kier alpha value is -3.18. The Morgan fingerprint density at radius 1 is 0.966 bits per heavy atom. The molecule has 0 fully saturated rings. The molecule has 0 radical (unpaired) electrons.